The molecule has 0 saturated heterocycles. The highest BCUT2D eigenvalue weighted by Gasteiger charge is 2.18. The number of hydrogen-bond acceptors (Lipinski definition) is 3. The molecule has 0 aliphatic carbocycles. The lowest BCUT2D eigenvalue weighted by Gasteiger charge is -2.24. The Hall–Kier alpha value is -0.610. The molecule has 0 aromatic heterocycles. The van der Waals surface area contributed by atoms with Crippen molar-refractivity contribution in [2.24, 2.45) is 0 Å². The average molecular weight is 162 g/mol. The van der Waals surface area contributed by atoms with Gasteiger partial charge in [0.25, 0.3) is 0 Å². The van der Waals surface area contributed by atoms with Gasteiger partial charge in [-0.25, -0.2) is 4.79 Å². The minimum absolute atomic E-state index is 0.128. The summed E-state index contributed by atoms with van der Waals surface area (Å²) in [5, 5.41) is 8.51. The Bertz CT molecular complexity index is 134. The van der Waals surface area contributed by atoms with Crippen LogP contribution in [0, 0.1) is 0 Å². The van der Waals surface area contributed by atoms with Crippen LogP contribution in [0.5, 0.6) is 0 Å². The van der Waals surface area contributed by atoms with E-state index in [0.717, 1.165) is 0 Å². The van der Waals surface area contributed by atoms with Crippen molar-refractivity contribution < 1.29 is 19.4 Å². The number of hydroxylamine groups is 3. The van der Waals surface area contributed by atoms with E-state index in [1.165, 1.54) is 6.92 Å². The Balaban J connectivity index is 3.70. The van der Waals surface area contributed by atoms with Crippen molar-refractivity contribution in [2.45, 2.75) is 13.3 Å². The van der Waals surface area contributed by atoms with E-state index in [1.807, 2.05) is 0 Å². The van der Waals surface area contributed by atoms with Crippen molar-refractivity contribution in [3.8, 4) is 0 Å². The molecule has 0 fully saturated rings. The molecule has 0 aromatic rings. The van der Waals surface area contributed by atoms with E-state index in [9.17, 15) is 4.79 Å². The molecule has 0 aromatic carbocycles. The van der Waals surface area contributed by atoms with E-state index in [1.54, 1.807) is 14.1 Å². The van der Waals surface area contributed by atoms with Crippen molar-refractivity contribution in [3.05, 3.63) is 0 Å². The van der Waals surface area contributed by atoms with Crippen LogP contribution in [0.4, 0.5) is 0 Å². The molecule has 0 radical (unpaired) electrons. The molecule has 0 bridgehead atoms. The maximum absolute atomic E-state index is 10.5. The molecule has 0 amide bonds. The van der Waals surface area contributed by atoms with Gasteiger partial charge in [0.05, 0.1) is 0 Å². The van der Waals surface area contributed by atoms with Gasteiger partial charge in [-0.3, -0.25) is 4.84 Å². The maximum atomic E-state index is 10.5. The minimum atomic E-state index is -0.298. The highest BCUT2D eigenvalue weighted by molar-refractivity contribution is 5.65. The summed E-state index contributed by atoms with van der Waals surface area (Å²) in [6.07, 6.45) is 0.639. The van der Waals surface area contributed by atoms with Crippen molar-refractivity contribution >= 4 is 5.97 Å². The third kappa shape index (κ3) is 5.82. The lowest BCUT2D eigenvalue weighted by Crippen LogP contribution is -2.42. The molecular weight excluding hydrogens is 146 g/mol. The number of carbonyl (C=O) groups is 1. The van der Waals surface area contributed by atoms with Crippen LogP contribution in [0.15, 0.2) is 0 Å². The van der Waals surface area contributed by atoms with Gasteiger partial charge in [0.1, 0.15) is 20.6 Å². The van der Waals surface area contributed by atoms with Crippen LogP contribution in [-0.4, -0.2) is 43.0 Å². The Labute approximate surface area is 66.9 Å². The summed E-state index contributed by atoms with van der Waals surface area (Å²) in [4.78, 5) is 15.4. The van der Waals surface area contributed by atoms with E-state index in [0.29, 0.717) is 13.0 Å². The fourth-order valence-electron chi connectivity index (χ4n) is 0.845. The van der Waals surface area contributed by atoms with Crippen molar-refractivity contribution in [1.29, 1.82) is 0 Å². The van der Waals surface area contributed by atoms with Crippen LogP contribution in [0.25, 0.3) is 0 Å². The second kappa shape index (κ2) is 4.31. The molecule has 0 aliphatic heterocycles. The van der Waals surface area contributed by atoms with Gasteiger partial charge in [-0.2, -0.15) is 0 Å². The van der Waals surface area contributed by atoms with Gasteiger partial charge >= 0.3 is 5.97 Å². The van der Waals surface area contributed by atoms with E-state index >= 15 is 0 Å². The Morgan fingerprint density at radius 2 is 2.09 bits per heavy atom. The zero-order valence-electron chi connectivity index (χ0n) is 7.33. The summed E-state index contributed by atoms with van der Waals surface area (Å²) in [6.45, 7) is 2.14. The molecule has 0 atom stereocenters. The molecule has 1 N–H and O–H groups in total. The van der Waals surface area contributed by atoms with Gasteiger partial charge in [-0.15, -0.1) is 4.65 Å². The Morgan fingerprint density at radius 1 is 1.55 bits per heavy atom. The van der Waals surface area contributed by atoms with Crippen LogP contribution in [0.2, 0.25) is 0 Å². The molecule has 4 heteroatoms. The van der Waals surface area contributed by atoms with Gasteiger partial charge < -0.3 is 5.11 Å². The zero-order chi connectivity index (χ0) is 8.91. The fourth-order valence-corrected chi connectivity index (χ4v) is 0.845. The summed E-state index contributed by atoms with van der Waals surface area (Å²) in [7, 11) is 3.55. The number of nitrogens with zero attached hydrogens (tertiary/aromatic N) is 1. The lowest BCUT2D eigenvalue weighted by atomic mass is 10.4. The molecular formula is C7H16NO3+. The topological polar surface area (TPSA) is 46.5 Å². The third-order valence-electron chi connectivity index (χ3n) is 1.23. The number of aliphatic hydroxyl groups excluding tert-OH is 1. The van der Waals surface area contributed by atoms with Crippen LogP contribution >= 0.6 is 0 Å². The number of aliphatic hydroxyl groups is 1. The molecule has 0 aliphatic rings. The zero-order valence-corrected chi connectivity index (χ0v) is 7.33. The van der Waals surface area contributed by atoms with Crippen LogP contribution in [0.3, 0.4) is 0 Å². The molecule has 0 rings (SSSR count). The van der Waals surface area contributed by atoms with Gasteiger partial charge in [-0.05, 0) is 0 Å². The van der Waals surface area contributed by atoms with Crippen LogP contribution < -0.4 is 0 Å². The lowest BCUT2D eigenvalue weighted by molar-refractivity contribution is -1.06. The predicted octanol–water partition coefficient (Wildman–Crippen LogP) is -0.0767. The second-order valence-electron chi connectivity index (χ2n) is 2.96. The largest absolute Gasteiger partial charge is 0.396 e. The first kappa shape index (κ1) is 10.4. The number of rotatable bonds is 4. The van der Waals surface area contributed by atoms with E-state index in [4.69, 9.17) is 9.94 Å². The van der Waals surface area contributed by atoms with Crippen LogP contribution in [-0.2, 0) is 9.63 Å². The molecule has 0 spiro atoms. The van der Waals surface area contributed by atoms with Crippen molar-refractivity contribution in [1.82, 2.24) is 0 Å². The van der Waals surface area contributed by atoms with E-state index in [-0.39, 0.29) is 17.2 Å². The predicted molar refractivity (Wildman–Crippen MR) is 40.4 cm³/mol. The maximum Gasteiger partial charge on any atom is 0.363 e. The minimum Gasteiger partial charge on any atom is -0.396 e. The quantitative estimate of drug-likeness (QED) is 0.464. The second-order valence-corrected chi connectivity index (χ2v) is 2.96. The van der Waals surface area contributed by atoms with Gasteiger partial charge in [0.2, 0.25) is 0 Å². The highest BCUT2D eigenvalue weighted by atomic mass is 16.7. The SMILES string of the molecule is CC(=O)O[N+](C)(C)CCCO. The first-order chi connectivity index (χ1) is 4.98. The smallest absolute Gasteiger partial charge is 0.363 e. The molecule has 0 heterocycles. The summed E-state index contributed by atoms with van der Waals surface area (Å²) in [6, 6.07) is 0. The molecule has 11 heavy (non-hydrogen) atoms. The first-order valence-corrected chi connectivity index (χ1v) is 3.62. The molecule has 0 saturated carbocycles. The standard InChI is InChI=1S/C7H16NO3/c1-7(10)11-8(2,3)5-4-6-9/h9H,4-6H2,1-3H3/q+1. The number of hydrogen-bond donors (Lipinski definition) is 1. The monoisotopic (exact) mass is 162 g/mol. The first-order valence-electron chi connectivity index (χ1n) is 3.62. The number of quaternary nitrogens is 1. The van der Waals surface area contributed by atoms with Gasteiger partial charge in [0.15, 0.2) is 0 Å². The van der Waals surface area contributed by atoms with E-state index in [2.05, 4.69) is 0 Å². The Morgan fingerprint density at radius 3 is 2.45 bits per heavy atom. The van der Waals surface area contributed by atoms with Crippen molar-refractivity contribution in [3.63, 3.8) is 0 Å². The summed E-state index contributed by atoms with van der Waals surface area (Å²) < 4.78 is 0.176. The summed E-state index contributed by atoms with van der Waals surface area (Å²) in [5.41, 5.74) is 0. The van der Waals surface area contributed by atoms with Crippen LogP contribution in [0.1, 0.15) is 13.3 Å². The van der Waals surface area contributed by atoms with Crippen molar-refractivity contribution in [2.75, 3.05) is 27.2 Å². The summed E-state index contributed by atoms with van der Waals surface area (Å²) in [5.74, 6) is -0.298. The third-order valence-corrected chi connectivity index (χ3v) is 1.23. The average Bonchev–Trinajstić information content (AvgIpc) is 1.81. The normalized spacial score (nSPS) is 11.3. The molecule has 66 valence electrons. The highest BCUT2D eigenvalue weighted by Crippen LogP contribution is 2.00. The Kier molecular flexibility index (Phi) is 4.07. The molecule has 0 unspecified atom stereocenters. The fraction of sp³-hybridized carbons (Fsp3) is 0.857. The molecule has 4 nitrogen and oxygen atoms in total. The van der Waals surface area contributed by atoms with E-state index < -0.39 is 0 Å². The van der Waals surface area contributed by atoms with Gasteiger partial charge in [-0.1, -0.05) is 0 Å². The summed E-state index contributed by atoms with van der Waals surface area (Å²) >= 11 is 0. The van der Waals surface area contributed by atoms with Gasteiger partial charge in [0, 0.05) is 20.0 Å². The number of carbonyl (C=O) groups excluding carboxylic acids is 1.